The number of fused-ring (bicyclic) bond motifs is 1. The molecule has 140 valence electrons. The zero-order valence-electron chi connectivity index (χ0n) is 15.2. The van der Waals surface area contributed by atoms with E-state index in [0.717, 1.165) is 10.1 Å². The first kappa shape index (κ1) is 18.6. The maximum Gasteiger partial charge on any atom is 0.331 e. The van der Waals surface area contributed by atoms with Crippen LogP contribution in [0.4, 0.5) is 10.1 Å². The molecular weight excluding hydrogens is 349 g/mol. The van der Waals surface area contributed by atoms with E-state index in [1.807, 2.05) is 13.8 Å². The van der Waals surface area contributed by atoms with Crippen LogP contribution in [0, 0.1) is 12.7 Å². The lowest BCUT2D eigenvalue weighted by Crippen LogP contribution is -2.41. The van der Waals surface area contributed by atoms with Gasteiger partial charge in [-0.2, -0.15) is 0 Å². The van der Waals surface area contributed by atoms with Crippen molar-refractivity contribution < 1.29 is 9.18 Å². The molecule has 6 nitrogen and oxygen atoms in total. The smallest absolute Gasteiger partial charge is 0.325 e. The van der Waals surface area contributed by atoms with Crippen LogP contribution in [-0.4, -0.2) is 15.0 Å². The number of amides is 1. The number of nitrogens with zero attached hydrogens (tertiary/aromatic N) is 2. The second-order valence-corrected chi connectivity index (χ2v) is 6.40. The fraction of sp³-hybridized carbons (Fsp3) is 0.250. The maximum absolute atomic E-state index is 13.0. The van der Waals surface area contributed by atoms with Crippen LogP contribution in [0.1, 0.15) is 18.9 Å². The van der Waals surface area contributed by atoms with Crippen LogP contribution < -0.4 is 16.6 Å². The number of carbonyl (C=O) groups is 1. The van der Waals surface area contributed by atoms with E-state index in [0.29, 0.717) is 23.0 Å². The van der Waals surface area contributed by atoms with Gasteiger partial charge in [0.1, 0.15) is 12.4 Å². The summed E-state index contributed by atoms with van der Waals surface area (Å²) in [6.07, 6.45) is 0.619. The molecule has 1 amide bonds. The largest absolute Gasteiger partial charge is 0.331 e. The lowest BCUT2D eigenvalue weighted by Gasteiger charge is -2.14. The first-order valence-corrected chi connectivity index (χ1v) is 8.70. The highest BCUT2D eigenvalue weighted by molar-refractivity contribution is 5.91. The molecule has 2 aromatic carbocycles. The first-order valence-electron chi connectivity index (χ1n) is 8.70. The first-order chi connectivity index (χ1) is 12.9. The number of halogens is 1. The topological polar surface area (TPSA) is 73.1 Å². The van der Waals surface area contributed by atoms with E-state index in [4.69, 9.17) is 0 Å². The predicted molar refractivity (Wildman–Crippen MR) is 103 cm³/mol. The van der Waals surface area contributed by atoms with Gasteiger partial charge in [-0.3, -0.25) is 18.7 Å². The van der Waals surface area contributed by atoms with Crippen molar-refractivity contribution >= 4 is 22.5 Å². The Labute approximate surface area is 154 Å². The Bertz CT molecular complexity index is 1110. The summed E-state index contributed by atoms with van der Waals surface area (Å²) in [6, 6.07) is 10.5. The highest BCUT2D eigenvalue weighted by Crippen LogP contribution is 2.12. The molecular formula is C20H20FN3O3. The molecule has 0 unspecified atom stereocenters. The Morgan fingerprint density at radius 1 is 1.07 bits per heavy atom. The van der Waals surface area contributed by atoms with Gasteiger partial charge in [-0.15, -0.1) is 0 Å². The standard InChI is InChI=1S/C20H20FN3O3/c1-3-10-23-19(26)16-11-13(2)4-9-17(16)24(20(23)27)12-18(25)22-15-7-5-14(21)6-8-15/h4-9,11H,3,10,12H2,1-2H3,(H,22,25). The molecule has 0 radical (unpaired) electrons. The summed E-state index contributed by atoms with van der Waals surface area (Å²) in [5.41, 5.74) is 0.862. The molecule has 0 aliphatic heterocycles. The highest BCUT2D eigenvalue weighted by atomic mass is 19.1. The number of rotatable bonds is 5. The third kappa shape index (κ3) is 3.81. The van der Waals surface area contributed by atoms with Crippen LogP contribution in [0.2, 0.25) is 0 Å². The second kappa shape index (κ2) is 7.57. The van der Waals surface area contributed by atoms with Gasteiger partial charge in [0.05, 0.1) is 10.9 Å². The van der Waals surface area contributed by atoms with Crippen LogP contribution in [0.25, 0.3) is 10.9 Å². The highest BCUT2D eigenvalue weighted by Gasteiger charge is 2.15. The Kier molecular flexibility index (Phi) is 5.21. The average molecular weight is 369 g/mol. The minimum atomic E-state index is -0.521. The second-order valence-electron chi connectivity index (χ2n) is 6.40. The number of benzene rings is 2. The van der Waals surface area contributed by atoms with Crippen molar-refractivity contribution in [2.75, 3.05) is 5.32 Å². The van der Waals surface area contributed by atoms with Gasteiger partial charge in [0, 0.05) is 12.2 Å². The van der Waals surface area contributed by atoms with E-state index < -0.39 is 17.4 Å². The number of aryl methyl sites for hydroxylation is 1. The minimum absolute atomic E-state index is 0.250. The van der Waals surface area contributed by atoms with Gasteiger partial charge >= 0.3 is 5.69 Å². The van der Waals surface area contributed by atoms with Gasteiger partial charge in [0.25, 0.3) is 5.56 Å². The quantitative estimate of drug-likeness (QED) is 0.751. The normalized spacial score (nSPS) is 10.9. The third-order valence-electron chi connectivity index (χ3n) is 4.26. The van der Waals surface area contributed by atoms with E-state index in [9.17, 15) is 18.8 Å². The number of carbonyl (C=O) groups excluding carboxylic acids is 1. The van der Waals surface area contributed by atoms with Crippen molar-refractivity contribution in [3.05, 3.63) is 74.7 Å². The molecule has 0 aliphatic rings. The average Bonchev–Trinajstić information content (AvgIpc) is 2.64. The van der Waals surface area contributed by atoms with E-state index >= 15 is 0 Å². The molecule has 0 saturated carbocycles. The van der Waals surface area contributed by atoms with Crippen molar-refractivity contribution in [1.82, 2.24) is 9.13 Å². The summed E-state index contributed by atoms with van der Waals surface area (Å²) < 4.78 is 15.5. The van der Waals surface area contributed by atoms with Gasteiger partial charge in [-0.05, 0) is 49.7 Å². The number of nitrogens with one attached hydrogen (secondary N) is 1. The Balaban J connectivity index is 2.04. The lowest BCUT2D eigenvalue weighted by molar-refractivity contribution is -0.116. The maximum atomic E-state index is 13.0. The van der Waals surface area contributed by atoms with Crippen LogP contribution in [0.5, 0.6) is 0 Å². The van der Waals surface area contributed by atoms with Gasteiger partial charge in [0.15, 0.2) is 0 Å². The van der Waals surface area contributed by atoms with Crippen LogP contribution in [-0.2, 0) is 17.9 Å². The fourth-order valence-corrected chi connectivity index (χ4v) is 2.99. The van der Waals surface area contributed by atoms with Crippen LogP contribution in [0.3, 0.4) is 0 Å². The molecule has 7 heteroatoms. The monoisotopic (exact) mass is 369 g/mol. The number of hydrogen-bond donors (Lipinski definition) is 1. The minimum Gasteiger partial charge on any atom is -0.325 e. The number of hydrogen-bond acceptors (Lipinski definition) is 3. The van der Waals surface area contributed by atoms with E-state index in [2.05, 4.69) is 5.32 Å². The van der Waals surface area contributed by atoms with Gasteiger partial charge in [-0.1, -0.05) is 18.6 Å². The summed E-state index contributed by atoms with van der Waals surface area (Å²) in [5.74, 6) is -0.843. The summed E-state index contributed by atoms with van der Waals surface area (Å²) in [4.78, 5) is 37.9. The van der Waals surface area contributed by atoms with E-state index in [1.54, 1.807) is 18.2 Å². The van der Waals surface area contributed by atoms with Gasteiger partial charge in [0.2, 0.25) is 5.91 Å². The van der Waals surface area contributed by atoms with Crippen molar-refractivity contribution in [1.29, 1.82) is 0 Å². The Morgan fingerprint density at radius 2 is 1.78 bits per heavy atom. The molecule has 0 bridgehead atoms. The molecule has 1 N–H and O–H groups in total. The van der Waals surface area contributed by atoms with E-state index in [-0.39, 0.29) is 18.6 Å². The van der Waals surface area contributed by atoms with Crippen molar-refractivity contribution in [2.45, 2.75) is 33.4 Å². The molecule has 0 spiro atoms. The zero-order chi connectivity index (χ0) is 19.6. The van der Waals surface area contributed by atoms with Crippen LogP contribution in [0.15, 0.2) is 52.1 Å². The molecule has 3 aromatic rings. The molecule has 0 fully saturated rings. The summed E-state index contributed by atoms with van der Waals surface area (Å²) in [7, 11) is 0. The summed E-state index contributed by atoms with van der Waals surface area (Å²) >= 11 is 0. The van der Waals surface area contributed by atoms with Crippen LogP contribution >= 0.6 is 0 Å². The molecule has 1 aromatic heterocycles. The molecule has 0 aliphatic carbocycles. The SMILES string of the molecule is CCCn1c(=O)c2cc(C)ccc2n(CC(=O)Nc2ccc(F)cc2)c1=O. The number of anilines is 1. The predicted octanol–water partition coefficient (Wildman–Crippen LogP) is 2.66. The fourth-order valence-electron chi connectivity index (χ4n) is 2.99. The van der Waals surface area contributed by atoms with Gasteiger partial charge < -0.3 is 5.32 Å². The van der Waals surface area contributed by atoms with Crippen molar-refractivity contribution in [3.63, 3.8) is 0 Å². The zero-order valence-corrected chi connectivity index (χ0v) is 15.2. The Morgan fingerprint density at radius 3 is 2.44 bits per heavy atom. The number of aromatic nitrogens is 2. The molecule has 1 heterocycles. The molecule has 3 rings (SSSR count). The van der Waals surface area contributed by atoms with Gasteiger partial charge in [-0.25, -0.2) is 9.18 Å². The van der Waals surface area contributed by atoms with Crippen molar-refractivity contribution in [3.8, 4) is 0 Å². The molecule has 27 heavy (non-hydrogen) atoms. The van der Waals surface area contributed by atoms with E-state index in [1.165, 1.54) is 28.8 Å². The third-order valence-corrected chi connectivity index (χ3v) is 4.26. The molecule has 0 atom stereocenters. The summed E-state index contributed by atoms with van der Waals surface area (Å²) in [5, 5.41) is 3.03. The Hall–Kier alpha value is -3.22. The lowest BCUT2D eigenvalue weighted by atomic mass is 10.1. The molecule has 0 saturated heterocycles. The van der Waals surface area contributed by atoms with Crippen molar-refractivity contribution in [2.24, 2.45) is 0 Å². The summed E-state index contributed by atoms with van der Waals surface area (Å²) in [6.45, 7) is 3.76.